The van der Waals surface area contributed by atoms with Crippen LogP contribution in [0.3, 0.4) is 0 Å². The summed E-state index contributed by atoms with van der Waals surface area (Å²) < 4.78 is 0. The minimum absolute atomic E-state index is 0.663. The number of hydrogen-bond donors (Lipinski definition) is 2. The lowest BCUT2D eigenvalue weighted by molar-refractivity contribution is -0.144. The Morgan fingerprint density at radius 2 is 2.53 bits per heavy atom. The van der Waals surface area contributed by atoms with Crippen molar-refractivity contribution in [2.45, 2.75) is 31.2 Å². The highest BCUT2D eigenvalue weighted by Crippen LogP contribution is 2.26. The summed E-state index contributed by atoms with van der Waals surface area (Å²) in [7, 11) is 0. The summed E-state index contributed by atoms with van der Waals surface area (Å²) >= 11 is 1.70. The van der Waals surface area contributed by atoms with Gasteiger partial charge in [0.05, 0.1) is 0 Å². The number of carbonyl (C=O) groups is 1. The SMILES string of the molecule is O=C(O)C1(CCc2cccs2)CCCN1. The van der Waals surface area contributed by atoms with Gasteiger partial charge >= 0.3 is 5.97 Å². The number of aliphatic carboxylic acids is 1. The Hall–Kier alpha value is -0.870. The van der Waals surface area contributed by atoms with Crippen LogP contribution in [0.5, 0.6) is 0 Å². The molecule has 1 unspecified atom stereocenters. The Morgan fingerprint density at radius 3 is 3.07 bits per heavy atom. The molecular formula is C11H15NO2S. The normalized spacial score (nSPS) is 25.6. The second-order valence-electron chi connectivity index (χ2n) is 4.00. The van der Waals surface area contributed by atoms with Gasteiger partial charge in [-0.3, -0.25) is 4.79 Å². The van der Waals surface area contributed by atoms with E-state index in [0.717, 1.165) is 25.8 Å². The van der Waals surface area contributed by atoms with Crippen molar-refractivity contribution in [2.75, 3.05) is 6.54 Å². The third-order valence-corrected chi connectivity index (χ3v) is 3.97. The van der Waals surface area contributed by atoms with Gasteiger partial charge in [0.1, 0.15) is 5.54 Å². The number of nitrogens with one attached hydrogen (secondary N) is 1. The van der Waals surface area contributed by atoms with Gasteiger partial charge in [0.25, 0.3) is 0 Å². The van der Waals surface area contributed by atoms with Gasteiger partial charge in [0.15, 0.2) is 0 Å². The second kappa shape index (κ2) is 4.33. The lowest BCUT2D eigenvalue weighted by Gasteiger charge is -2.23. The van der Waals surface area contributed by atoms with Gasteiger partial charge < -0.3 is 10.4 Å². The molecule has 1 aliphatic rings. The van der Waals surface area contributed by atoms with Crippen LogP contribution in [0.2, 0.25) is 0 Å². The summed E-state index contributed by atoms with van der Waals surface area (Å²) in [5, 5.41) is 14.4. The largest absolute Gasteiger partial charge is 0.480 e. The molecule has 1 aliphatic heterocycles. The van der Waals surface area contributed by atoms with Crippen molar-refractivity contribution in [3.05, 3.63) is 22.4 Å². The van der Waals surface area contributed by atoms with Crippen LogP contribution < -0.4 is 5.32 Å². The predicted octanol–water partition coefficient (Wildman–Crippen LogP) is 1.89. The number of aryl methyl sites for hydroxylation is 1. The third-order valence-electron chi connectivity index (χ3n) is 3.03. The molecule has 15 heavy (non-hydrogen) atoms. The van der Waals surface area contributed by atoms with Crippen molar-refractivity contribution in [1.82, 2.24) is 5.32 Å². The van der Waals surface area contributed by atoms with E-state index in [2.05, 4.69) is 11.4 Å². The maximum absolute atomic E-state index is 11.2. The average Bonchev–Trinajstić information content (AvgIpc) is 2.87. The Balaban J connectivity index is 1.99. The first-order valence-electron chi connectivity index (χ1n) is 5.24. The van der Waals surface area contributed by atoms with Crippen molar-refractivity contribution in [2.24, 2.45) is 0 Å². The molecule has 1 aromatic heterocycles. The first-order valence-corrected chi connectivity index (χ1v) is 6.12. The zero-order valence-electron chi connectivity index (χ0n) is 8.53. The van der Waals surface area contributed by atoms with E-state index in [4.69, 9.17) is 0 Å². The fourth-order valence-electron chi connectivity index (χ4n) is 2.10. The zero-order chi connectivity index (χ0) is 10.7. The number of carboxylic acid groups (broad SMARTS) is 1. The van der Waals surface area contributed by atoms with Crippen molar-refractivity contribution in [1.29, 1.82) is 0 Å². The van der Waals surface area contributed by atoms with E-state index in [1.165, 1.54) is 4.88 Å². The zero-order valence-corrected chi connectivity index (χ0v) is 9.35. The van der Waals surface area contributed by atoms with Gasteiger partial charge in [-0.2, -0.15) is 0 Å². The topological polar surface area (TPSA) is 49.3 Å². The van der Waals surface area contributed by atoms with Gasteiger partial charge in [-0.15, -0.1) is 11.3 Å². The molecule has 82 valence electrons. The lowest BCUT2D eigenvalue weighted by atomic mass is 9.91. The molecule has 1 saturated heterocycles. The average molecular weight is 225 g/mol. The Morgan fingerprint density at radius 1 is 1.67 bits per heavy atom. The molecule has 3 nitrogen and oxygen atoms in total. The Bertz CT molecular complexity index is 328. The van der Waals surface area contributed by atoms with Crippen LogP contribution in [0.1, 0.15) is 24.1 Å². The summed E-state index contributed by atoms with van der Waals surface area (Å²) in [5.41, 5.74) is -0.663. The number of hydrogen-bond acceptors (Lipinski definition) is 3. The highest BCUT2D eigenvalue weighted by Gasteiger charge is 2.40. The van der Waals surface area contributed by atoms with Crippen LogP contribution in [-0.4, -0.2) is 23.2 Å². The molecule has 1 aromatic rings. The molecule has 0 aliphatic carbocycles. The molecule has 0 aromatic carbocycles. The van der Waals surface area contributed by atoms with Gasteiger partial charge in [-0.25, -0.2) is 0 Å². The highest BCUT2D eigenvalue weighted by atomic mass is 32.1. The molecule has 2 heterocycles. The van der Waals surface area contributed by atoms with E-state index in [-0.39, 0.29) is 0 Å². The van der Waals surface area contributed by atoms with Crippen molar-refractivity contribution in [3.8, 4) is 0 Å². The van der Waals surface area contributed by atoms with E-state index in [1.807, 2.05) is 11.4 Å². The van der Waals surface area contributed by atoms with Crippen LogP contribution in [-0.2, 0) is 11.2 Å². The van der Waals surface area contributed by atoms with Gasteiger partial charge in [-0.1, -0.05) is 6.07 Å². The highest BCUT2D eigenvalue weighted by molar-refractivity contribution is 7.09. The van der Waals surface area contributed by atoms with Crippen LogP contribution in [0.4, 0.5) is 0 Å². The summed E-state index contributed by atoms with van der Waals surface area (Å²) in [6, 6.07) is 4.07. The van der Waals surface area contributed by atoms with Crippen LogP contribution in [0, 0.1) is 0 Å². The Kier molecular flexibility index (Phi) is 3.07. The molecule has 4 heteroatoms. The van der Waals surface area contributed by atoms with E-state index in [1.54, 1.807) is 11.3 Å². The number of carboxylic acids is 1. The molecule has 1 atom stereocenters. The third kappa shape index (κ3) is 2.21. The summed E-state index contributed by atoms with van der Waals surface area (Å²) in [5.74, 6) is -0.698. The van der Waals surface area contributed by atoms with Crippen LogP contribution >= 0.6 is 11.3 Å². The minimum atomic E-state index is -0.698. The van der Waals surface area contributed by atoms with Crippen molar-refractivity contribution < 1.29 is 9.90 Å². The first kappa shape index (κ1) is 10.6. The van der Waals surface area contributed by atoms with E-state index in [9.17, 15) is 9.90 Å². The maximum Gasteiger partial charge on any atom is 0.323 e. The van der Waals surface area contributed by atoms with E-state index in [0.29, 0.717) is 6.42 Å². The predicted molar refractivity (Wildman–Crippen MR) is 60.2 cm³/mol. The molecule has 2 rings (SSSR count). The number of rotatable bonds is 4. The second-order valence-corrected chi connectivity index (χ2v) is 5.03. The molecule has 0 amide bonds. The Labute approximate surface area is 93.1 Å². The minimum Gasteiger partial charge on any atom is -0.480 e. The summed E-state index contributed by atoms with van der Waals surface area (Å²) in [6.07, 6.45) is 3.28. The van der Waals surface area contributed by atoms with E-state index < -0.39 is 11.5 Å². The molecule has 0 bridgehead atoms. The van der Waals surface area contributed by atoms with Gasteiger partial charge in [0, 0.05) is 4.88 Å². The van der Waals surface area contributed by atoms with Gasteiger partial charge in [-0.05, 0) is 43.7 Å². The van der Waals surface area contributed by atoms with Crippen molar-refractivity contribution in [3.63, 3.8) is 0 Å². The molecule has 0 saturated carbocycles. The quantitative estimate of drug-likeness (QED) is 0.822. The van der Waals surface area contributed by atoms with E-state index >= 15 is 0 Å². The summed E-state index contributed by atoms with van der Waals surface area (Å²) in [4.78, 5) is 12.5. The fraction of sp³-hybridized carbons (Fsp3) is 0.545. The standard InChI is InChI=1S/C11H15NO2S/c13-10(14)11(5-2-7-12-11)6-4-9-3-1-8-15-9/h1,3,8,12H,2,4-7H2,(H,13,14). The molecule has 0 radical (unpaired) electrons. The number of thiophene rings is 1. The first-order chi connectivity index (χ1) is 7.23. The smallest absolute Gasteiger partial charge is 0.323 e. The van der Waals surface area contributed by atoms with Gasteiger partial charge in [0.2, 0.25) is 0 Å². The van der Waals surface area contributed by atoms with Crippen LogP contribution in [0.15, 0.2) is 17.5 Å². The van der Waals surface area contributed by atoms with Crippen LogP contribution in [0.25, 0.3) is 0 Å². The molecular weight excluding hydrogens is 210 g/mol. The monoisotopic (exact) mass is 225 g/mol. The lowest BCUT2D eigenvalue weighted by Crippen LogP contribution is -2.47. The van der Waals surface area contributed by atoms with Crippen molar-refractivity contribution >= 4 is 17.3 Å². The summed E-state index contributed by atoms with van der Waals surface area (Å²) in [6.45, 7) is 0.830. The molecule has 2 N–H and O–H groups in total. The maximum atomic E-state index is 11.2. The molecule has 1 fully saturated rings. The fourth-order valence-corrected chi connectivity index (χ4v) is 2.81. The molecule has 0 spiro atoms.